The maximum atomic E-state index is 13.1. The number of ketones is 1. The first-order chi connectivity index (χ1) is 12.7. The van der Waals surface area contributed by atoms with Crippen molar-refractivity contribution in [2.75, 3.05) is 11.9 Å². The highest BCUT2D eigenvalue weighted by atomic mass is 16.2. The zero-order chi connectivity index (χ0) is 18.4. The summed E-state index contributed by atoms with van der Waals surface area (Å²) in [6, 6.07) is 17.4. The van der Waals surface area contributed by atoms with Gasteiger partial charge in [-0.05, 0) is 29.1 Å². The number of benzene rings is 2. The van der Waals surface area contributed by atoms with Gasteiger partial charge in [0.15, 0.2) is 11.7 Å². The van der Waals surface area contributed by atoms with Crippen molar-refractivity contribution < 1.29 is 9.59 Å². The van der Waals surface area contributed by atoms with Gasteiger partial charge in [-0.1, -0.05) is 55.5 Å². The van der Waals surface area contributed by atoms with Gasteiger partial charge < -0.3 is 5.32 Å². The molecule has 3 rings (SSSR count). The summed E-state index contributed by atoms with van der Waals surface area (Å²) in [6.07, 6.45) is 0. The van der Waals surface area contributed by atoms with Crippen molar-refractivity contribution in [2.45, 2.75) is 12.7 Å². The Morgan fingerprint density at radius 2 is 1.54 bits per heavy atom. The second kappa shape index (κ2) is 7.75. The van der Waals surface area contributed by atoms with Gasteiger partial charge in [0.05, 0.1) is 0 Å². The second-order valence-corrected chi connectivity index (χ2v) is 5.65. The zero-order valence-electron chi connectivity index (χ0n) is 14.2. The molecule has 2 aromatic rings. The van der Waals surface area contributed by atoms with Crippen LogP contribution in [0.25, 0.3) is 0 Å². The molecule has 1 atom stereocenters. The van der Waals surface area contributed by atoms with Gasteiger partial charge in [-0.3, -0.25) is 14.9 Å². The molecule has 2 aromatic carbocycles. The molecule has 0 aromatic heterocycles. The molecule has 132 valence electrons. The minimum Gasteiger partial charge on any atom is -0.325 e. The van der Waals surface area contributed by atoms with E-state index in [1.165, 1.54) is 0 Å². The predicted octanol–water partition coefficient (Wildman–Crippen LogP) is 3.22. The molecule has 0 saturated carbocycles. The van der Waals surface area contributed by atoms with E-state index >= 15 is 0 Å². The van der Waals surface area contributed by atoms with Gasteiger partial charge in [-0.15, -0.1) is 10.2 Å². The molecule has 0 fully saturated rings. The predicted molar refractivity (Wildman–Crippen MR) is 95.5 cm³/mol. The molecule has 0 bridgehead atoms. The lowest BCUT2D eigenvalue weighted by atomic mass is 9.90. The van der Waals surface area contributed by atoms with Gasteiger partial charge in [0.1, 0.15) is 0 Å². The molecule has 0 spiro atoms. The van der Waals surface area contributed by atoms with Crippen LogP contribution in [0.5, 0.6) is 0 Å². The maximum absolute atomic E-state index is 13.1. The zero-order valence-corrected chi connectivity index (χ0v) is 14.2. The lowest BCUT2D eigenvalue weighted by Crippen LogP contribution is -2.54. The Labute approximate surface area is 150 Å². The number of carbonyl (C=O) groups excluding carboxylic acids is 2. The molecule has 8 nitrogen and oxygen atoms in total. The lowest BCUT2D eigenvalue weighted by Gasteiger charge is -2.28. The Morgan fingerprint density at radius 1 is 0.962 bits per heavy atom. The van der Waals surface area contributed by atoms with Crippen molar-refractivity contribution in [3.05, 3.63) is 66.2 Å². The van der Waals surface area contributed by atoms with E-state index in [9.17, 15) is 9.59 Å². The Morgan fingerprint density at radius 3 is 2.12 bits per heavy atom. The summed E-state index contributed by atoms with van der Waals surface area (Å²) in [7, 11) is 0. The quantitative estimate of drug-likeness (QED) is 0.591. The highest BCUT2D eigenvalue weighted by Gasteiger charge is 2.50. The van der Waals surface area contributed by atoms with Crippen molar-refractivity contribution in [3.8, 4) is 0 Å². The molecule has 26 heavy (non-hydrogen) atoms. The van der Waals surface area contributed by atoms with E-state index in [4.69, 9.17) is 0 Å². The molecule has 1 aliphatic rings. The Bertz CT molecular complexity index is 823. The molecule has 0 radical (unpaired) electrons. The number of rotatable bonds is 7. The number of hydrogen-bond donors (Lipinski definition) is 2. The molecule has 1 heterocycles. The number of nitrogens with zero attached hydrogens (tertiary/aromatic N) is 4. The van der Waals surface area contributed by atoms with E-state index < -0.39 is 23.4 Å². The molecule has 8 heteroatoms. The molecule has 1 unspecified atom stereocenters. The van der Waals surface area contributed by atoms with E-state index in [2.05, 4.69) is 31.3 Å². The normalized spacial score (nSPS) is 15.6. The van der Waals surface area contributed by atoms with Gasteiger partial charge >= 0.3 is 0 Å². The number of carbonyl (C=O) groups is 2. The van der Waals surface area contributed by atoms with Gasteiger partial charge in [-0.2, -0.15) is 0 Å². The summed E-state index contributed by atoms with van der Waals surface area (Å²) >= 11 is 0. The van der Waals surface area contributed by atoms with Crippen LogP contribution in [-0.4, -0.2) is 24.0 Å². The molecule has 1 amide bonds. The molecular weight excluding hydrogens is 332 g/mol. The van der Waals surface area contributed by atoms with Crippen LogP contribution < -0.4 is 10.6 Å². The molecule has 2 N–H and O–H groups in total. The van der Waals surface area contributed by atoms with Gasteiger partial charge in [-0.25, -0.2) is 0 Å². The SMILES string of the molecule is CCNC1(C(C(=O)Nc2ccccc2)C(=O)c2ccccc2)N=NN=N1. The van der Waals surface area contributed by atoms with Crippen molar-refractivity contribution in [2.24, 2.45) is 26.6 Å². The van der Waals surface area contributed by atoms with E-state index in [0.717, 1.165) is 0 Å². The van der Waals surface area contributed by atoms with E-state index in [1.807, 2.05) is 13.0 Å². The number of Topliss-reactive ketones (excluding diaryl/α,β-unsaturated/α-hetero) is 1. The summed E-state index contributed by atoms with van der Waals surface area (Å²) in [5.74, 6) is -3.77. The van der Waals surface area contributed by atoms with Crippen molar-refractivity contribution >= 4 is 17.4 Å². The minimum atomic E-state index is -1.56. The number of hydrogen-bond acceptors (Lipinski definition) is 7. The highest BCUT2D eigenvalue weighted by molar-refractivity contribution is 6.14. The van der Waals surface area contributed by atoms with Gasteiger partial charge in [0, 0.05) is 11.3 Å². The lowest BCUT2D eigenvalue weighted by molar-refractivity contribution is -0.120. The first kappa shape index (κ1) is 17.6. The Kier molecular flexibility index (Phi) is 5.23. The fraction of sp³-hybridized carbons (Fsp3) is 0.222. The van der Waals surface area contributed by atoms with E-state index in [-0.39, 0.29) is 0 Å². The molecule has 0 aliphatic carbocycles. The average molecular weight is 350 g/mol. The standard InChI is InChI=1S/C18H18N6O2/c1-2-19-18(21-23-24-22-18)15(16(25)13-9-5-3-6-10-13)17(26)20-14-11-7-4-8-12-14/h3-12,15,19H,2H2,1H3,(H,20,26). The minimum absolute atomic E-state index is 0.385. The van der Waals surface area contributed by atoms with Crippen LogP contribution in [0, 0.1) is 5.92 Å². The smallest absolute Gasteiger partial charge is 0.266 e. The summed E-state index contributed by atoms with van der Waals surface area (Å²) in [6.45, 7) is 2.25. The summed E-state index contributed by atoms with van der Waals surface area (Å²) < 4.78 is 0. The first-order valence-electron chi connectivity index (χ1n) is 8.20. The molecular formula is C18H18N6O2. The largest absolute Gasteiger partial charge is 0.325 e. The third kappa shape index (κ3) is 3.55. The first-order valence-corrected chi connectivity index (χ1v) is 8.20. The van der Waals surface area contributed by atoms with E-state index in [0.29, 0.717) is 17.8 Å². The topological polar surface area (TPSA) is 108 Å². The number of para-hydroxylation sites is 1. The van der Waals surface area contributed by atoms with Crippen LogP contribution >= 0.6 is 0 Å². The third-order valence-electron chi connectivity index (χ3n) is 3.90. The fourth-order valence-electron chi connectivity index (χ4n) is 2.73. The van der Waals surface area contributed by atoms with E-state index in [1.54, 1.807) is 54.6 Å². The Balaban J connectivity index is 1.98. The van der Waals surface area contributed by atoms with Crippen molar-refractivity contribution in [1.82, 2.24) is 5.32 Å². The molecule has 1 aliphatic heterocycles. The van der Waals surface area contributed by atoms with Crippen LogP contribution in [0.1, 0.15) is 17.3 Å². The monoisotopic (exact) mass is 350 g/mol. The fourth-order valence-corrected chi connectivity index (χ4v) is 2.73. The van der Waals surface area contributed by atoms with Crippen molar-refractivity contribution in [1.29, 1.82) is 0 Å². The van der Waals surface area contributed by atoms with Crippen LogP contribution in [0.2, 0.25) is 0 Å². The maximum Gasteiger partial charge on any atom is 0.266 e. The van der Waals surface area contributed by atoms with Crippen LogP contribution in [0.15, 0.2) is 81.3 Å². The highest BCUT2D eigenvalue weighted by Crippen LogP contribution is 2.30. The van der Waals surface area contributed by atoms with Crippen LogP contribution in [-0.2, 0) is 4.79 Å². The summed E-state index contributed by atoms with van der Waals surface area (Å²) in [5, 5.41) is 20.7. The number of amides is 1. The Hall–Kier alpha value is -3.26. The average Bonchev–Trinajstić information content (AvgIpc) is 3.12. The summed E-state index contributed by atoms with van der Waals surface area (Å²) in [5.41, 5.74) is 0.956. The van der Waals surface area contributed by atoms with Crippen LogP contribution in [0.4, 0.5) is 5.69 Å². The second-order valence-electron chi connectivity index (χ2n) is 5.65. The van der Waals surface area contributed by atoms with Gasteiger partial charge in [0.2, 0.25) is 5.91 Å². The third-order valence-corrected chi connectivity index (χ3v) is 3.90. The van der Waals surface area contributed by atoms with Crippen molar-refractivity contribution in [3.63, 3.8) is 0 Å². The molecule has 0 saturated heterocycles. The number of anilines is 1. The summed E-state index contributed by atoms with van der Waals surface area (Å²) in [4.78, 5) is 26.2. The van der Waals surface area contributed by atoms with Crippen LogP contribution in [0.3, 0.4) is 0 Å². The van der Waals surface area contributed by atoms with Gasteiger partial charge in [0.25, 0.3) is 5.79 Å². The number of nitrogens with one attached hydrogen (secondary N) is 2.